The Balaban J connectivity index is 1.58. The summed E-state index contributed by atoms with van der Waals surface area (Å²) in [7, 11) is -3.70. The van der Waals surface area contributed by atoms with Crippen molar-refractivity contribution >= 4 is 33.2 Å². The normalized spacial score (nSPS) is 18.1. The molecule has 1 aliphatic rings. The van der Waals surface area contributed by atoms with Crippen molar-refractivity contribution in [3.8, 4) is 0 Å². The molecule has 7 heteroatoms. The second-order valence-corrected chi connectivity index (χ2v) is 10.4. The first kappa shape index (κ1) is 21.6. The molecule has 0 aromatic heterocycles. The van der Waals surface area contributed by atoms with Gasteiger partial charge in [-0.25, -0.2) is 13.1 Å². The van der Waals surface area contributed by atoms with E-state index in [-0.39, 0.29) is 16.0 Å². The molecular weight excluding hydrogens is 415 g/mol. The molecule has 2 aromatic carbocycles. The maximum absolute atomic E-state index is 12.7. The van der Waals surface area contributed by atoms with Gasteiger partial charge in [-0.1, -0.05) is 61.3 Å². The van der Waals surface area contributed by atoms with Gasteiger partial charge in [0.1, 0.15) is 4.90 Å². The molecule has 28 heavy (non-hydrogen) atoms. The van der Waals surface area contributed by atoms with Crippen LogP contribution in [0, 0.1) is 5.92 Å². The van der Waals surface area contributed by atoms with Crippen molar-refractivity contribution in [2.24, 2.45) is 5.92 Å². The molecule has 0 amide bonds. The van der Waals surface area contributed by atoms with Crippen LogP contribution in [0.1, 0.15) is 31.4 Å². The average molecular weight is 441 g/mol. The van der Waals surface area contributed by atoms with E-state index >= 15 is 0 Å². The van der Waals surface area contributed by atoms with E-state index in [1.165, 1.54) is 23.3 Å². The maximum atomic E-state index is 12.7. The predicted molar refractivity (Wildman–Crippen MR) is 115 cm³/mol. The van der Waals surface area contributed by atoms with Crippen molar-refractivity contribution in [3.05, 3.63) is 63.6 Å². The smallest absolute Gasteiger partial charge is 0.242 e. The van der Waals surface area contributed by atoms with Gasteiger partial charge in [-0.3, -0.25) is 4.90 Å². The Labute approximate surface area is 177 Å². The molecule has 0 bridgehead atoms. The first-order valence-electron chi connectivity index (χ1n) is 9.50. The van der Waals surface area contributed by atoms with Crippen molar-refractivity contribution in [1.29, 1.82) is 0 Å². The summed E-state index contributed by atoms with van der Waals surface area (Å²) in [6.45, 7) is 6.78. The third-order valence-electron chi connectivity index (χ3n) is 4.85. The molecule has 4 nitrogen and oxygen atoms in total. The van der Waals surface area contributed by atoms with E-state index in [0.717, 1.165) is 25.9 Å². The predicted octanol–water partition coefficient (Wildman–Crippen LogP) is 4.74. The van der Waals surface area contributed by atoms with E-state index in [4.69, 9.17) is 23.2 Å². The lowest BCUT2D eigenvalue weighted by Crippen LogP contribution is -2.37. The van der Waals surface area contributed by atoms with Crippen molar-refractivity contribution in [3.63, 3.8) is 0 Å². The molecule has 1 N–H and O–H groups in total. The fourth-order valence-corrected chi connectivity index (χ4v) is 5.57. The molecule has 1 aliphatic heterocycles. The number of halogens is 2. The number of nitrogens with one attached hydrogen (secondary N) is 1. The van der Waals surface area contributed by atoms with Gasteiger partial charge in [0.05, 0.1) is 5.02 Å². The first-order chi connectivity index (χ1) is 13.2. The van der Waals surface area contributed by atoms with Crippen LogP contribution in [0.25, 0.3) is 0 Å². The van der Waals surface area contributed by atoms with Gasteiger partial charge in [0.15, 0.2) is 0 Å². The van der Waals surface area contributed by atoms with Crippen LogP contribution >= 0.6 is 23.2 Å². The van der Waals surface area contributed by atoms with Crippen LogP contribution in [0.2, 0.25) is 10.0 Å². The SMILES string of the molecule is CC(C)Cc1ccc(CN2CC[C@@H](NS(=O)(=O)c3cc(Cl)ccc3Cl)C2)cc1. The third kappa shape index (κ3) is 5.71. The van der Waals surface area contributed by atoms with Crippen molar-refractivity contribution in [1.82, 2.24) is 9.62 Å². The largest absolute Gasteiger partial charge is 0.297 e. The van der Waals surface area contributed by atoms with Crippen LogP contribution in [-0.2, 0) is 23.0 Å². The van der Waals surface area contributed by atoms with Crippen LogP contribution in [-0.4, -0.2) is 32.4 Å². The summed E-state index contributed by atoms with van der Waals surface area (Å²) >= 11 is 12.0. The van der Waals surface area contributed by atoms with Crippen LogP contribution in [0.3, 0.4) is 0 Å². The summed E-state index contributed by atoms with van der Waals surface area (Å²) in [6.07, 6.45) is 1.85. The highest BCUT2D eigenvalue weighted by molar-refractivity contribution is 7.89. The molecule has 1 heterocycles. The molecule has 1 atom stereocenters. The zero-order valence-electron chi connectivity index (χ0n) is 16.2. The Kier molecular flexibility index (Phi) is 7.05. The standard InChI is InChI=1S/C21H26Cl2N2O2S/c1-15(2)11-16-3-5-17(6-4-16)13-25-10-9-19(14-25)24-28(26,27)21-12-18(22)7-8-20(21)23/h3-8,12,15,19,24H,9-11,13-14H2,1-2H3/t19-/m1/s1. The highest BCUT2D eigenvalue weighted by atomic mass is 35.5. The molecular formula is C21H26Cl2N2O2S. The van der Waals surface area contributed by atoms with Gasteiger partial charge in [0, 0.05) is 30.7 Å². The van der Waals surface area contributed by atoms with Gasteiger partial charge >= 0.3 is 0 Å². The van der Waals surface area contributed by atoms with Gasteiger partial charge in [0.25, 0.3) is 0 Å². The molecule has 0 radical (unpaired) electrons. The Bertz CT molecular complexity index is 915. The Morgan fingerprint density at radius 3 is 2.46 bits per heavy atom. The van der Waals surface area contributed by atoms with Gasteiger partial charge < -0.3 is 0 Å². The summed E-state index contributed by atoms with van der Waals surface area (Å²) < 4.78 is 28.1. The number of likely N-dealkylation sites (tertiary alicyclic amines) is 1. The molecule has 1 saturated heterocycles. The minimum absolute atomic E-state index is 0.0286. The highest BCUT2D eigenvalue weighted by Gasteiger charge is 2.28. The summed E-state index contributed by atoms with van der Waals surface area (Å²) in [4.78, 5) is 2.30. The third-order valence-corrected chi connectivity index (χ3v) is 7.09. The van der Waals surface area contributed by atoms with E-state index in [0.29, 0.717) is 17.5 Å². The van der Waals surface area contributed by atoms with Crippen molar-refractivity contribution in [2.45, 2.75) is 44.2 Å². The summed E-state index contributed by atoms with van der Waals surface area (Å²) in [5, 5.41) is 0.520. The van der Waals surface area contributed by atoms with Crippen LogP contribution in [0.5, 0.6) is 0 Å². The lowest BCUT2D eigenvalue weighted by molar-refractivity contribution is 0.324. The average Bonchev–Trinajstić information content (AvgIpc) is 3.04. The van der Waals surface area contributed by atoms with Crippen LogP contribution in [0.15, 0.2) is 47.4 Å². The quantitative estimate of drug-likeness (QED) is 0.675. The fraction of sp³-hybridized carbons (Fsp3) is 0.429. The van der Waals surface area contributed by atoms with E-state index in [2.05, 4.69) is 47.7 Å². The molecule has 0 saturated carbocycles. The van der Waals surface area contributed by atoms with Gasteiger partial charge in [-0.2, -0.15) is 0 Å². The van der Waals surface area contributed by atoms with Crippen molar-refractivity contribution < 1.29 is 8.42 Å². The zero-order valence-corrected chi connectivity index (χ0v) is 18.5. The maximum Gasteiger partial charge on any atom is 0.242 e. The summed E-state index contributed by atoms with van der Waals surface area (Å²) in [6, 6.07) is 13.0. The zero-order chi connectivity index (χ0) is 20.3. The van der Waals surface area contributed by atoms with Gasteiger partial charge in [0.2, 0.25) is 10.0 Å². The van der Waals surface area contributed by atoms with Gasteiger partial charge in [-0.15, -0.1) is 0 Å². The van der Waals surface area contributed by atoms with E-state index in [9.17, 15) is 8.42 Å². The number of rotatable bonds is 7. The second kappa shape index (κ2) is 9.14. The topological polar surface area (TPSA) is 49.4 Å². The first-order valence-corrected chi connectivity index (χ1v) is 11.7. The lowest BCUT2D eigenvalue weighted by atomic mass is 10.0. The Morgan fingerprint density at radius 1 is 1.11 bits per heavy atom. The second-order valence-electron chi connectivity index (χ2n) is 7.83. The minimum Gasteiger partial charge on any atom is -0.297 e. The molecule has 1 fully saturated rings. The number of hydrogen-bond acceptors (Lipinski definition) is 3. The van der Waals surface area contributed by atoms with Crippen molar-refractivity contribution in [2.75, 3.05) is 13.1 Å². The molecule has 2 aromatic rings. The molecule has 3 rings (SSSR count). The fourth-order valence-electron chi connectivity index (χ4n) is 3.55. The monoisotopic (exact) mass is 440 g/mol. The molecule has 0 unspecified atom stereocenters. The minimum atomic E-state index is -3.70. The molecule has 152 valence electrons. The Morgan fingerprint density at radius 2 is 1.79 bits per heavy atom. The molecule has 0 spiro atoms. The lowest BCUT2D eigenvalue weighted by Gasteiger charge is -2.17. The van der Waals surface area contributed by atoms with Gasteiger partial charge in [-0.05, 0) is 48.1 Å². The number of hydrogen-bond donors (Lipinski definition) is 1. The van der Waals surface area contributed by atoms with E-state index < -0.39 is 10.0 Å². The van der Waals surface area contributed by atoms with Crippen LogP contribution in [0.4, 0.5) is 0 Å². The van der Waals surface area contributed by atoms with E-state index in [1.54, 1.807) is 6.07 Å². The number of nitrogens with zero attached hydrogens (tertiary/aromatic N) is 1. The highest BCUT2D eigenvalue weighted by Crippen LogP contribution is 2.26. The molecule has 0 aliphatic carbocycles. The number of benzene rings is 2. The summed E-state index contributed by atoms with van der Waals surface area (Å²) in [5.41, 5.74) is 2.60. The van der Waals surface area contributed by atoms with E-state index in [1.807, 2.05) is 0 Å². The Hall–Kier alpha value is -1.11. The van der Waals surface area contributed by atoms with Crippen LogP contribution < -0.4 is 4.72 Å². The summed E-state index contributed by atoms with van der Waals surface area (Å²) in [5.74, 6) is 0.645. The number of sulfonamides is 1.